The second-order valence-corrected chi connectivity index (χ2v) is 8.33. The molecule has 5 heteroatoms. The second-order valence-electron chi connectivity index (χ2n) is 8.33. The maximum Gasteiger partial charge on any atom is 0.191 e. The summed E-state index contributed by atoms with van der Waals surface area (Å²) >= 11 is 0. The van der Waals surface area contributed by atoms with E-state index in [2.05, 4.69) is 60.6 Å². The van der Waals surface area contributed by atoms with Crippen LogP contribution in [-0.4, -0.2) is 48.8 Å². The molecule has 0 aromatic heterocycles. The number of benzene rings is 1. The largest absolute Gasteiger partial charge is 0.396 e. The fourth-order valence-electron chi connectivity index (χ4n) is 4.18. The van der Waals surface area contributed by atoms with Crippen molar-refractivity contribution in [2.24, 2.45) is 10.4 Å². The van der Waals surface area contributed by atoms with Crippen molar-refractivity contribution in [1.29, 1.82) is 0 Å². The Morgan fingerprint density at radius 1 is 1.03 bits per heavy atom. The van der Waals surface area contributed by atoms with Crippen molar-refractivity contribution in [3.05, 3.63) is 35.4 Å². The summed E-state index contributed by atoms with van der Waals surface area (Å²) in [7, 11) is 0. The first-order chi connectivity index (χ1) is 14.2. The van der Waals surface area contributed by atoms with Crippen LogP contribution in [0.5, 0.6) is 0 Å². The van der Waals surface area contributed by atoms with E-state index >= 15 is 0 Å². The Bertz CT molecular complexity index is 607. The lowest BCUT2D eigenvalue weighted by atomic mass is 9.79. The highest BCUT2D eigenvalue weighted by Gasteiger charge is 2.25. The number of aliphatic imine (C=N–C) groups is 1. The van der Waals surface area contributed by atoms with Gasteiger partial charge in [-0.25, -0.2) is 4.99 Å². The van der Waals surface area contributed by atoms with Crippen LogP contribution < -0.4 is 10.6 Å². The Hall–Kier alpha value is -1.59. The number of aliphatic hydroxyl groups excluding tert-OH is 1. The third kappa shape index (κ3) is 7.63. The molecular formula is C24H42N4O. The van der Waals surface area contributed by atoms with E-state index < -0.39 is 0 Å². The van der Waals surface area contributed by atoms with Gasteiger partial charge in [-0.15, -0.1) is 0 Å². The average molecular weight is 403 g/mol. The van der Waals surface area contributed by atoms with Crippen LogP contribution >= 0.6 is 0 Å². The summed E-state index contributed by atoms with van der Waals surface area (Å²) in [5.41, 5.74) is 2.82. The second kappa shape index (κ2) is 12.9. The van der Waals surface area contributed by atoms with Gasteiger partial charge >= 0.3 is 0 Å². The van der Waals surface area contributed by atoms with Gasteiger partial charge in [-0.2, -0.15) is 0 Å². The molecule has 0 bridgehead atoms. The molecule has 0 aliphatic carbocycles. The Balaban J connectivity index is 2.04. The zero-order valence-corrected chi connectivity index (χ0v) is 18.8. The third-order valence-electron chi connectivity index (χ3n) is 6.49. The van der Waals surface area contributed by atoms with Crippen LogP contribution in [0.3, 0.4) is 0 Å². The van der Waals surface area contributed by atoms with Crippen LogP contribution in [0.4, 0.5) is 0 Å². The van der Waals surface area contributed by atoms with Crippen LogP contribution in [-0.2, 0) is 13.1 Å². The minimum absolute atomic E-state index is 0.122. The van der Waals surface area contributed by atoms with Crippen LogP contribution in [0.2, 0.25) is 0 Å². The molecule has 1 aromatic carbocycles. The molecule has 1 heterocycles. The molecule has 1 fully saturated rings. The zero-order chi connectivity index (χ0) is 21.0. The Labute approximate surface area is 178 Å². The number of nitrogens with zero attached hydrogens (tertiary/aromatic N) is 2. The summed E-state index contributed by atoms with van der Waals surface area (Å²) < 4.78 is 0. The van der Waals surface area contributed by atoms with Crippen LogP contribution in [0.1, 0.15) is 70.4 Å². The molecule has 3 N–H and O–H groups in total. The van der Waals surface area contributed by atoms with E-state index in [1.807, 2.05) is 0 Å². The van der Waals surface area contributed by atoms with Crippen LogP contribution in [0, 0.1) is 5.41 Å². The molecule has 0 unspecified atom stereocenters. The Morgan fingerprint density at radius 2 is 1.72 bits per heavy atom. The molecule has 0 saturated carbocycles. The highest BCUT2D eigenvalue weighted by molar-refractivity contribution is 5.79. The van der Waals surface area contributed by atoms with Crippen molar-refractivity contribution in [2.75, 3.05) is 32.8 Å². The zero-order valence-electron chi connectivity index (χ0n) is 18.8. The lowest BCUT2D eigenvalue weighted by molar-refractivity contribution is 0.169. The first-order valence-electron chi connectivity index (χ1n) is 11.6. The molecule has 2 rings (SSSR count). The Morgan fingerprint density at radius 3 is 2.34 bits per heavy atom. The standard InChI is InChI=1S/C24H42N4O/c1-4-24(5-2,14-17-29)20-27-23(25-6-3)26-18-21-12-8-9-13-22(21)19-28-15-10-7-11-16-28/h8-9,12-13,29H,4-7,10-11,14-20H2,1-3H3,(H2,25,26,27). The van der Waals surface area contributed by atoms with Gasteiger partial charge in [0.1, 0.15) is 0 Å². The molecular weight excluding hydrogens is 360 g/mol. The van der Waals surface area contributed by atoms with Crippen LogP contribution in [0.25, 0.3) is 0 Å². The van der Waals surface area contributed by atoms with Crippen LogP contribution in [0.15, 0.2) is 29.3 Å². The maximum absolute atomic E-state index is 9.47. The van der Waals surface area contributed by atoms with E-state index in [0.29, 0.717) is 6.54 Å². The number of aliphatic hydroxyl groups is 1. The molecule has 0 atom stereocenters. The van der Waals surface area contributed by atoms with E-state index in [1.54, 1.807) is 0 Å². The summed E-state index contributed by atoms with van der Waals surface area (Å²) in [4.78, 5) is 7.45. The molecule has 1 aliphatic heterocycles. The van der Waals surface area contributed by atoms with Crippen molar-refractivity contribution >= 4 is 5.96 Å². The number of guanidine groups is 1. The monoisotopic (exact) mass is 402 g/mol. The maximum atomic E-state index is 9.47. The van der Waals surface area contributed by atoms with Gasteiger partial charge in [0.25, 0.3) is 0 Å². The quantitative estimate of drug-likeness (QED) is 0.388. The van der Waals surface area contributed by atoms with Gasteiger partial charge in [0.15, 0.2) is 5.96 Å². The normalized spacial score (nSPS) is 16.1. The number of hydrogen-bond donors (Lipinski definition) is 3. The molecule has 1 saturated heterocycles. The molecule has 0 amide bonds. The Kier molecular flexibility index (Phi) is 10.5. The smallest absolute Gasteiger partial charge is 0.191 e. The molecule has 1 aliphatic rings. The van der Waals surface area contributed by atoms with Gasteiger partial charge in [-0.3, -0.25) is 4.90 Å². The predicted molar refractivity (Wildman–Crippen MR) is 123 cm³/mol. The fourth-order valence-corrected chi connectivity index (χ4v) is 4.18. The number of rotatable bonds is 11. The minimum Gasteiger partial charge on any atom is -0.396 e. The minimum atomic E-state index is 0.122. The van der Waals surface area contributed by atoms with Crippen molar-refractivity contribution < 1.29 is 5.11 Å². The lowest BCUT2D eigenvalue weighted by Gasteiger charge is -2.32. The van der Waals surface area contributed by atoms with Crippen molar-refractivity contribution in [1.82, 2.24) is 15.5 Å². The van der Waals surface area contributed by atoms with Gasteiger partial charge in [0.2, 0.25) is 0 Å². The van der Waals surface area contributed by atoms with Gasteiger partial charge in [-0.05, 0) is 68.7 Å². The molecule has 0 spiro atoms. The van der Waals surface area contributed by atoms with Crippen molar-refractivity contribution in [3.63, 3.8) is 0 Å². The molecule has 1 aromatic rings. The first-order valence-corrected chi connectivity index (χ1v) is 11.6. The number of piperidine rings is 1. The summed E-state index contributed by atoms with van der Waals surface area (Å²) in [6, 6.07) is 8.72. The SMILES string of the molecule is CCNC(=NCc1ccccc1CN1CCCCC1)NCC(CC)(CC)CCO. The van der Waals surface area contributed by atoms with E-state index in [0.717, 1.165) is 44.9 Å². The van der Waals surface area contributed by atoms with E-state index in [9.17, 15) is 5.11 Å². The number of hydrogen-bond acceptors (Lipinski definition) is 3. The van der Waals surface area contributed by atoms with E-state index in [-0.39, 0.29) is 12.0 Å². The van der Waals surface area contributed by atoms with Gasteiger partial charge in [0.05, 0.1) is 6.54 Å². The van der Waals surface area contributed by atoms with E-state index in [1.165, 1.54) is 43.5 Å². The van der Waals surface area contributed by atoms with Gasteiger partial charge in [-0.1, -0.05) is 44.5 Å². The first kappa shape index (κ1) is 23.7. The predicted octanol–water partition coefficient (Wildman–Crippen LogP) is 3.92. The summed E-state index contributed by atoms with van der Waals surface area (Å²) in [5, 5.41) is 16.4. The molecule has 5 nitrogen and oxygen atoms in total. The average Bonchev–Trinajstić information content (AvgIpc) is 2.76. The number of nitrogens with one attached hydrogen (secondary N) is 2. The van der Waals surface area contributed by atoms with Crippen molar-refractivity contribution in [2.45, 2.75) is 72.4 Å². The highest BCUT2D eigenvalue weighted by atomic mass is 16.3. The van der Waals surface area contributed by atoms with Gasteiger partial charge in [0, 0.05) is 26.2 Å². The molecule has 164 valence electrons. The van der Waals surface area contributed by atoms with E-state index in [4.69, 9.17) is 4.99 Å². The lowest BCUT2D eigenvalue weighted by Crippen LogP contribution is -2.43. The number of likely N-dealkylation sites (tertiary alicyclic amines) is 1. The fraction of sp³-hybridized carbons (Fsp3) is 0.708. The highest BCUT2D eigenvalue weighted by Crippen LogP contribution is 2.29. The summed E-state index contributed by atoms with van der Waals surface area (Å²) in [6.45, 7) is 12.6. The molecule has 29 heavy (non-hydrogen) atoms. The third-order valence-corrected chi connectivity index (χ3v) is 6.49. The summed E-state index contributed by atoms with van der Waals surface area (Å²) in [6.07, 6.45) is 6.93. The van der Waals surface area contributed by atoms with Gasteiger partial charge < -0.3 is 15.7 Å². The topological polar surface area (TPSA) is 59.9 Å². The molecule has 0 radical (unpaired) electrons. The van der Waals surface area contributed by atoms with Crippen molar-refractivity contribution in [3.8, 4) is 0 Å². The summed E-state index contributed by atoms with van der Waals surface area (Å²) in [5.74, 6) is 0.865.